The third-order valence-corrected chi connectivity index (χ3v) is 3.44. The van der Waals surface area contributed by atoms with Crippen molar-refractivity contribution in [2.45, 2.75) is 45.6 Å². The van der Waals surface area contributed by atoms with Crippen LogP contribution in [0.2, 0.25) is 0 Å². The predicted molar refractivity (Wildman–Crippen MR) is 64.9 cm³/mol. The first kappa shape index (κ1) is 11.4. The van der Waals surface area contributed by atoms with E-state index in [0.717, 1.165) is 29.8 Å². The molecule has 1 aromatic heterocycles. The van der Waals surface area contributed by atoms with Crippen molar-refractivity contribution in [1.29, 1.82) is 0 Å². The van der Waals surface area contributed by atoms with Crippen LogP contribution in [0.15, 0.2) is 6.20 Å². The van der Waals surface area contributed by atoms with E-state index in [1.54, 1.807) is 0 Å². The van der Waals surface area contributed by atoms with Crippen LogP contribution in [-0.2, 0) is 0 Å². The van der Waals surface area contributed by atoms with E-state index in [4.69, 9.17) is 0 Å². The summed E-state index contributed by atoms with van der Waals surface area (Å²) in [6.45, 7) is 5.07. The molecule has 0 spiro atoms. The van der Waals surface area contributed by atoms with Gasteiger partial charge in [0, 0.05) is 29.9 Å². The predicted octanol–water partition coefficient (Wildman–Crippen LogP) is 2.35. The van der Waals surface area contributed by atoms with Crippen molar-refractivity contribution in [3.63, 3.8) is 0 Å². The van der Waals surface area contributed by atoms with Gasteiger partial charge in [0.05, 0.1) is 0 Å². The lowest BCUT2D eigenvalue weighted by atomic mass is 10.0. The highest BCUT2D eigenvalue weighted by Gasteiger charge is 2.18. The number of aromatic amines is 1. The maximum absolute atomic E-state index is 12.1. The molecular weight excluding hydrogens is 200 g/mol. The second kappa shape index (κ2) is 4.83. The van der Waals surface area contributed by atoms with Crippen molar-refractivity contribution in [2.75, 3.05) is 6.54 Å². The standard InChI is InChI=1S/C13H20N2O/c1-9-8-15-10(2)13(9)12(16)6-5-11-4-3-7-14-11/h8,11,14-15H,3-7H2,1-2H3. The second-order valence-electron chi connectivity index (χ2n) is 4.73. The van der Waals surface area contributed by atoms with Crippen LogP contribution in [-0.4, -0.2) is 23.4 Å². The van der Waals surface area contributed by atoms with Gasteiger partial charge in [-0.05, 0) is 45.2 Å². The van der Waals surface area contributed by atoms with Gasteiger partial charge >= 0.3 is 0 Å². The number of carbonyl (C=O) groups excluding carboxylic acids is 1. The Morgan fingerprint density at radius 1 is 1.50 bits per heavy atom. The lowest BCUT2D eigenvalue weighted by molar-refractivity contribution is 0.0975. The molecule has 1 fully saturated rings. The monoisotopic (exact) mass is 220 g/mol. The van der Waals surface area contributed by atoms with Crippen LogP contribution >= 0.6 is 0 Å². The van der Waals surface area contributed by atoms with Gasteiger partial charge in [-0.15, -0.1) is 0 Å². The van der Waals surface area contributed by atoms with E-state index in [2.05, 4.69) is 10.3 Å². The maximum Gasteiger partial charge on any atom is 0.164 e. The number of hydrogen-bond acceptors (Lipinski definition) is 2. The van der Waals surface area contributed by atoms with Crippen LogP contribution in [0.4, 0.5) is 0 Å². The number of carbonyl (C=O) groups is 1. The molecule has 0 bridgehead atoms. The summed E-state index contributed by atoms with van der Waals surface area (Å²) < 4.78 is 0. The molecule has 2 N–H and O–H groups in total. The van der Waals surface area contributed by atoms with E-state index < -0.39 is 0 Å². The van der Waals surface area contributed by atoms with Gasteiger partial charge in [0.2, 0.25) is 0 Å². The molecule has 1 atom stereocenters. The van der Waals surface area contributed by atoms with E-state index in [0.29, 0.717) is 12.5 Å². The minimum Gasteiger partial charge on any atom is -0.364 e. The van der Waals surface area contributed by atoms with Gasteiger partial charge in [-0.2, -0.15) is 0 Å². The summed E-state index contributed by atoms with van der Waals surface area (Å²) in [6, 6.07) is 0.559. The summed E-state index contributed by atoms with van der Waals surface area (Å²) >= 11 is 0. The van der Waals surface area contributed by atoms with Crippen LogP contribution in [0.3, 0.4) is 0 Å². The quantitative estimate of drug-likeness (QED) is 0.765. The van der Waals surface area contributed by atoms with Gasteiger partial charge < -0.3 is 10.3 Å². The van der Waals surface area contributed by atoms with Gasteiger partial charge in [0.25, 0.3) is 0 Å². The molecular formula is C13H20N2O. The summed E-state index contributed by atoms with van der Waals surface area (Å²) in [4.78, 5) is 15.2. The SMILES string of the molecule is Cc1c[nH]c(C)c1C(=O)CCC1CCCN1. The van der Waals surface area contributed by atoms with Gasteiger partial charge in [-0.25, -0.2) is 0 Å². The molecule has 2 heterocycles. The highest BCUT2D eigenvalue weighted by molar-refractivity contribution is 5.98. The van der Waals surface area contributed by atoms with Crippen molar-refractivity contribution >= 4 is 5.78 Å². The topological polar surface area (TPSA) is 44.9 Å². The molecule has 1 unspecified atom stereocenters. The van der Waals surface area contributed by atoms with Crippen LogP contribution in [0, 0.1) is 13.8 Å². The first-order valence-electron chi connectivity index (χ1n) is 6.09. The van der Waals surface area contributed by atoms with E-state index in [-0.39, 0.29) is 5.78 Å². The Kier molecular flexibility index (Phi) is 3.44. The average Bonchev–Trinajstić information content (AvgIpc) is 2.86. The van der Waals surface area contributed by atoms with Gasteiger partial charge in [-0.1, -0.05) is 0 Å². The van der Waals surface area contributed by atoms with Crippen LogP contribution in [0.1, 0.15) is 47.3 Å². The number of hydrogen-bond donors (Lipinski definition) is 2. The smallest absolute Gasteiger partial charge is 0.164 e. The van der Waals surface area contributed by atoms with Crippen molar-refractivity contribution < 1.29 is 4.79 Å². The van der Waals surface area contributed by atoms with Crippen molar-refractivity contribution in [3.05, 3.63) is 23.0 Å². The fraction of sp³-hybridized carbons (Fsp3) is 0.615. The Balaban J connectivity index is 1.92. The van der Waals surface area contributed by atoms with Crippen LogP contribution < -0.4 is 5.32 Å². The molecule has 0 radical (unpaired) electrons. The van der Waals surface area contributed by atoms with Crippen molar-refractivity contribution in [1.82, 2.24) is 10.3 Å². The minimum absolute atomic E-state index is 0.282. The molecule has 2 rings (SSSR count). The van der Waals surface area contributed by atoms with E-state index >= 15 is 0 Å². The zero-order valence-corrected chi connectivity index (χ0v) is 10.1. The summed E-state index contributed by atoms with van der Waals surface area (Å²) in [5.41, 5.74) is 2.97. The van der Waals surface area contributed by atoms with Crippen LogP contribution in [0.25, 0.3) is 0 Å². The molecule has 3 nitrogen and oxygen atoms in total. The molecule has 1 aliphatic rings. The molecule has 1 saturated heterocycles. The molecule has 0 aliphatic carbocycles. The molecule has 3 heteroatoms. The van der Waals surface area contributed by atoms with Gasteiger partial charge in [-0.3, -0.25) is 4.79 Å². The lowest BCUT2D eigenvalue weighted by Gasteiger charge is -2.09. The number of H-pyrrole nitrogens is 1. The third kappa shape index (κ3) is 2.35. The Bertz CT molecular complexity index is 356. The lowest BCUT2D eigenvalue weighted by Crippen LogP contribution is -2.22. The fourth-order valence-corrected chi connectivity index (χ4v) is 2.52. The second-order valence-corrected chi connectivity index (χ2v) is 4.73. The number of ketones is 1. The van der Waals surface area contributed by atoms with E-state index in [9.17, 15) is 4.79 Å². The van der Waals surface area contributed by atoms with E-state index in [1.165, 1.54) is 12.8 Å². The Morgan fingerprint density at radius 3 is 2.88 bits per heavy atom. The zero-order valence-electron chi connectivity index (χ0n) is 10.1. The number of aryl methyl sites for hydroxylation is 2. The summed E-state index contributed by atoms with van der Waals surface area (Å²) in [7, 11) is 0. The molecule has 0 aromatic carbocycles. The summed E-state index contributed by atoms with van der Waals surface area (Å²) in [5, 5.41) is 3.43. The normalized spacial score (nSPS) is 20.2. The Hall–Kier alpha value is -1.09. The molecule has 16 heavy (non-hydrogen) atoms. The first-order valence-corrected chi connectivity index (χ1v) is 6.09. The number of aromatic nitrogens is 1. The fourth-order valence-electron chi connectivity index (χ4n) is 2.52. The molecule has 0 saturated carbocycles. The zero-order chi connectivity index (χ0) is 11.5. The highest BCUT2D eigenvalue weighted by Crippen LogP contribution is 2.18. The summed E-state index contributed by atoms with van der Waals surface area (Å²) in [6.07, 6.45) is 6.02. The summed E-state index contributed by atoms with van der Waals surface area (Å²) in [5.74, 6) is 0.282. The maximum atomic E-state index is 12.1. The number of rotatable bonds is 4. The highest BCUT2D eigenvalue weighted by atomic mass is 16.1. The van der Waals surface area contributed by atoms with Crippen molar-refractivity contribution in [3.8, 4) is 0 Å². The first-order chi connectivity index (χ1) is 7.68. The van der Waals surface area contributed by atoms with E-state index in [1.807, 2.05) is 20.0 Å². The largest absolute Gasteiger partial charge is 0.364 e. The molecule has 1 aromatic rings. The van der Waals surface area contributed by atoms with Gasteiger partial charge in [0.1, 0.15) is 0 Å². The number of Topliss-reactive ketones (excluding diaryl/α,β-unsaturated/α-hetero) is 1. The molecule has 1 aliphatic heterocycles. The average molecular weight is 220 g/mol. The Morgan fingerprint density at radius 2 is 2.31 bits per heavy atom. The number of nitrogens with one attached hydrogen (secondary N) is 2. The Labute approximate surface area is 96.6 Å². The molecule has 88 valence electrons. The van der Waals surface area contributed by atoms with Crippen LogP contribution in [0.5, 0.6) is 0 Å². The minimum atomic E-state index is 0.282. The molecule has 0 amide bonds. The van der Waals surface area contributed by atoms with Crippen molar-refractivity contribution in [2.24, 2.45) is 0 Å². The third-order valence-electron chi connectivity index (χ3n) is 3.44. The van der Waals surface area contributed by atoms with Gasteiger partial charge in [0.15, 0.2) is 5.78 Å².